The van der Waals surface area contributed by atoms with Gasteiger partial charge in [-0.1, -0.05) is 12.8 Å². The van der Waals surface area contributed by atoms with Crippen molar-refractivity contribution in [3.63, 3.8) is 0 Å². The summed E-state index contributed by atoms with van der Waals surface area (Å²) in [5.74, 6) is 0.557. The molecule has 1 N–H and O–H groups in total. The molecule has 1 aliphatic rings. The lowest BCUT2D eigenvalue weighted by Gasteiger charge is -2.23. The van der Waals surface area contributed by atoms with Crippen molar-refractivity contribution in [3.05, 3.63) is 24.3 Å². The first-order valence-electron chi connectivity index (χ1n) is 6.87. The molecule has 1 aromatic rings. The summed E-state index contributed by atoms with van der Waals surface area (Å²) in [5, 5.41) is 8.68. The molecule has 0 aromatic heterocycles. The van der Waals surface area contributed by atoms with E-state index in [2.05, 4.69) is 0 Å². The molecule has 0 heterocycles. The first-order chi connectivity index (χ1) is 9.55. The highest BCUT2D eigenvalue weighted by molar-refractivity contribution is 7.89. The molecular formula is C14H21NO4S. The molecule has 1 fully saturated rings. The molecule has 2 rings (SSSR count). The van der Waals surface area contributed by atoms with Gasteiger partial charge in [0.15, 0.2) is 0 Å². The third-order valence-corrected chi connectivity index (χ3v) is 5.62. The highest BCUT2D eigenvalue weighted by Gasteiger charge is 2.29. The average molecular weight is 299 g/mol. The maximum Gasteiger partial charge on any atom is 0.243 e. The van der Waals surface area contributed by atoms with E-state index in [0.29, 0.717) is 5.75 Å². The van der Waals surface area contributed by atoms with Crippen LogP contribution in [0.5, 0.6) is 5.75 Å². The maximum absolute atomic E-state index is 12.5. The molecule has 20 heavy (non-hydrogen) atoms. The number of aliphatic hydroxyl groups is 1. The lowest BCUT2D eigenvalue weighted by atomic mass is 10.3. The summed E-state index contributed by atoms with van der Waals surface area (Å²) in [7, 11) is -1.78. The Kier molecular flexibility index (Phi) is 5.01. The number of ether oxygens (including phenoxy) is 1. The number of hydrogen-bond acceptors (Lipinski definition) is 4. The second-order valence-corrected chi connectivity index (χ2v) is 7.00. The summed E-state index contributed by atoms with van der Waals surface area (Å²) in [6.07, 6.45) is 4.07. The molecule has 0 atom stereocenters. The van der Waals surface area contributed by atoms with Crippen LogP contribution in [-0.2, 0) is 10.0 Å². The van der Waals surface area contributed by atoms with Crippen molar-refractivity contribution in [2.24, 2.45) is 0 Å². The Morgan fingerprint density at radius 3 is 2.40 bits per heavy atom. The minimum atomic E-state index is -3.43. The molecule has 1 aromatic carbocycles. The van der Waals surface area contributed by atoms with Crippen LogP contribution in [0.3, 0.4) is 0 Å². The van der Waals surface area contributed by atoms with E-state index in [4.69, 9.17) is 9.84 Å². The van der Waals surface area contributed by atoms with E-state index in [1.54, 1.807) is 31.3 Å². The van der Waals surface area contributed by atoms with E-state index < -0.39 is 10.0 Å². The van der Waals surface area contributed by atoms with E-state index in [0.717, 1.165) is 25.7 Å². The second kappa shape index (κ2) is 6.56. The summed E-state index contributed by atoms with van der Waals surface area (Å²) in [5.41, 5.74) is 0. The van der Waals surface area contributed by atoms with Crippen LogP contribution in [0.15, 0.2) is 29.2 Å². The van der Waals surface area contributed by atoms with Crippen LogP contribution in [-0.4, -0.2) is 44.1 Å². The van der Waals surface area contributed by atoms with Crippen molar-refractivity contribution in [3.8, 4) is 5.75 Å². The molecule has 5 nitrogen and oxygen atoms in total. The van der Waals surface area contributed by atoms with Crippen molar-refractivity contribution in [2.75, 3.05) is 20.3 Å². The number of rotatable bonds is 6. The molecule has 0 aliphatic heterocycles. The fourth-order valence-electron chi connectivity index (χ4n) is 2.50. The van der Waals surface area contributed by atoms with Gasteiger partial charge in [0.25, 0.3) is 0 Å². The van der Waals surface area contributed by atoms with Gasteiger partial charge in [0.2, 0.25) is 10.0 Å². The van der Waals surface area contributed by atoms with E-state index in [1.807, 2.05) is 0 Å². The van der Waals surface area contributed by atoms with Crippen LogP contribution in [0.4, 0.5) is 0 Å². The summed E-state index contributed by atoms with van der Waals surface area (Å²) in [4.78, 5) is 0.281. The van der Waals surface area contributed by atoms with Gasteiger partial charge in [-0.25, -0.2) is 8.42 Å². The number of hydrogen-bond donors (Lipinski definition) is 1. The summed E-state index contributed by atoms with van der Waals surface area (Å²) in [6.45, 7) is 0.137. The van der Waals surface area contributed by atoms with Gasteiger partial charge < -0.3 is 9.84 Å². The molecule has 0 unspecified atom stereocenters. The van der Waals surface area contributed by atoms with Gasteiger partial charge in [0.05, 0.1) is 11.5 Å². The Morgan fingerprint density at radius 1 is 1.25 bits per heavy atom. The summed E-state index contributed by atoms with van der Waals surface area (Å²) in [6, 6.07) is 6.45. The first-order valence-corrected chi connectivity index (χ1v) is 8.31. The molecule has 112 valence electrons. The number of nitrogens with zero attached hydrogens (tertiary/aromatic N) is 1. The van der Waals surface area contributed by atoms with Gasteiger partial charge in [0, 0.05) is 13.1 Å². The molecule has 0 bridgehead atoms. The molecule has 1 aliphatic carbocycles. The Hall–Kier alpha value is -1.11. The largest absolute Gasteiger partial charge is 0.491 e. The van der Waals surface area contributed by atoms with E-state index in [9.17, 15) is 8.42 Å². The van der Waals surface area contributed by atoms with E-state index >= 15 is 0 Å². The summed E-state index contributed by atoms with van der Waals surface area (Å²) < 4.78 is 31.7. The molecule has 0 amide bonds. The third kappa shape index (κ3) is 3.31. The van der Waals surface area contributed by atoms with Crippen LogP contribution >= 0.6 is 0 Å². The van der Waals surface area contributed by atoms with Gasteiger partial charge in [-0.05, 0) is 37.1 Å². The van der Waals surface area contributed by atoms with Gasteiger partial charge in [-0.3, -0.25) is 0 Å². The van der Waals surface area contributed by atoms with Crippen LogP contribution in [0.1, 0.15) is 25.7 Å². The predicted octanol–water partition coefficient (Wildman–Crippen LogP) is 1.62. The Morgan fingerprint density at radius 2 is 1.85 bits per heavy atom. The molecule has 1 saturated carbocycles. The zero-order chi connectivity index (χ0) is 14.6. The number of sulfonamides is 1. The molecule has 0 saturated heterocycles. The normalized spacial score (nSPS) is 16.8. The minimum absolute atomic E-state index is 0.0650. The van der Waals surface area contributed by atoms with E-state index in [1.165, 1.54) is 4.31 Å². The highest BCUT2D eigenvalue weighted by atomic mass is 32.2. The quantitative estimate of drug-likeness (QED) is 0.867. The zero-order valence-corrected chi connectivity index (χ0v) is 12.5. The van der Waals surface area contributed by atoms with Crippen LogP contribution in [0, 0.1) is 0 Å². The SMILES string of the molecule is CN(C1CCCC1)S(=O)(=O)c1ccc(OCCO)cc1. The van der Waals surface area contributed by atoms with Crippen molar-refractivity contribution in [2.45, 2.75) is 36.6 Å². The monoisotopic (exact) mass is 299 g/mol. The maximum atomic E-state index is 12.5. The molecule has 6 heteroatoms. The fraction of sp³-hybridized carbons (Fsp3) is 0.571. The third-order valence-electron chi connectivity index (χ3n) is 3.70. The van der Waals surface area contributed by atoms with Crippen LogP contribution < -0.4 is 4.74 Å². The Bertz CT molecular complexity index is 521. The first kappa shape index (κ1) is 15.3. The predicted molar refractivity (Wildman–Crippen MR) is 76.2 cm³/mol. The van der Waals surface area contributed by atoms with Crippen LogP contribution in [0.2, 0.25) is 0 Å². The molecular weight excluding hydrogens is 278 g/mol. The smallest absolute Gasteiger partial charge is 0.243 e. The topological polar surface area (TPSA) is 66.8 Å². The second-order valence-electron chi connectivity index (χ2n) is 5.00. The van der Waals surface area contributed by atoms with Crippen molar-refractivity contribution in [1.82, 2.24) is 4.31 Å². The van der Waals surface area contributed by atoms with Crippen molar-refractivity contribution in [1.29, 1.82) is 0 Å². The lowest BCUT2D eigenvalue weighted by molar-refractivity contribution is 0.201. The van der Waals surface area contributed by atoms with Gasteiger partial charge in [0.1, 0.15) is 12.4 Å². The standard InChI is InChI=1S/C14H21NO4S/c1-15(12-4-2-3-5-12)20(17,18)14-8-6-13(7-9-14)19-11-10-16/h6-9,12,16H,2-5,10-11H2,1H3. The summed E-state index contributed by atoms with van der Waals surface area (Å²) >= 11 is 0. The van der Waals surface area contributed by atoms with E-state index in [-0.39, 0.29) is 24.2 Å². The fourth-order valence-corrected chi connectivity index (χ4v) is 3.92. The number of aliphatic hydroxyl groups excluding tert-OH is 1. The van der Waals surface area contributed by atoms with Crippen LogP contribution in [0.25, 0.3) is 0 Å². The van der Waals surface area contributed by atoms with Crippen molar-refractivity contribution >= 4 is 10.0 Å². The average Bonchev–Trinajstić information content (AvgIpc) is 2.98. The highest BCUT2D eigenvalue weighted by Crippen LogP contribution is 2.27. The van der Waals surface area contributed by atoms with Gasteiger partial charge in [-0.2, -0.15) is 4.31 Å². The minimum Gasteiger partial charge on any atom is -0.491 e. The van der Waals surface area contributed by atoms with Gasteiger partial charge >= 0.3 is 0 Å². The van der Waals surface area contributed by atoms with Crippen molar-refractivity contribution < 1.29 is 18.3 Å². The Balaban J connectivity index is 2.12. The molecule has 0 spiro atoms. The van der Waals surface area contributed by atoms with Gasteiger partial charge in [-0.15, -0.1) is 0 Å². The number of benzene rings is 1. The molecule has 0 radical (unpaired) electrons. The lowest BCUT2D eigenvalue weighted by Crippen LogP contribution is -2.35. The Labute approximate surface area is 120 Å². The zero-order valence-electron chi connectivity index (χ0n) is 11.7.